The molecule has 0 aliphatic rings. The van der Waals surface area contributed by atoms with Gasteiger partial charge in [-0.25, -0.2) is 0 Å². The van der Waals surface area contributed by atoms with Crippen LogP contribution < -0.4 is 0 Å². The molecule has 0 aromatic carbocycles. The summed E-state index contributed by atoms with van der Waals surface area (Å²) >= 11 is 0. The Balaban J connectivity index is 4.34. The van der Waals surface area contributed by atoms with Crippen molar-refractivity contribution in [1.29, 1.82) is 0 Å². The average Bonchev–Trinajstić information content (AvgIpc) is 3.42. The van der Waals surface area contributed by atoms with E-state index in [1.807, 2.05) is 6.08 Å². The van der Waals surface area contributed by atoms with Crippen molar-refractivity contribution >= 4 is 17.9 Å². The van der Waals surface area contributed by atoms with Gasteiger partial charge in [0.15, 0.2) is 6.10 Å². The molecule has 0 heterocycles. The lowest BCUT2D eigenvalue weighted by molar-refractivity contribution is -0.166. The Morgan fingerprint density at radius 2 is 0.539 bits per heavy atom. The largest absolute Gasteiger partial charge is 0.462 e. The van der Waals surface area contributed by atoms with Crippen molar-refractivity contribution in [2.45, 2.75) is 329 Å². The summed E-state index contributed by atoms with van der Waals surface area (Å²) in [6, 6.07) is 0. The molecule has 0 bridgehead atoms. The van der Waals surface area contributed by atoms with Gasteiger partial charge in [0, 0.05) is 19.3 Å². The number of unbranched alkanes of at least 4 members (excludes halogenated alkanes) is 34. The normalized spacial score (nSPS) is 12.6. The fourth-order valence-corrected chi connectivity index (χ4v) is 9.29. The first kappa shape index (κ1) is 72.6. The standard InChI is InChI=1S/C70H122O6/c1-4-7-10-13-16-19-22-25-27-29-31-33-34-35-36-37-39-40-42-45-48-51-54-57-60-63-69(72)75-66-67(65-74-68(71)62-59-56-53-50-47-44-24-21-18-15-12-9-6-3)76-70(73)64-61-58-55-52-49-46-43-41-38-32-30-28-26-23-20-17-14-11-8-5-2/h9,12,18,21-22,25,29,31,34-35,44,47,53,56,67H,4-8,10-11,13-17,19-20,23-24,26-28,30,32-33,36-43,45-46,48-52,54-55,57-66H2,1-3H3/b12-9-,21-18-,25-22-,31-29-,35-34-,47-44-,56-53-. The van der Waals surface area contributed by atoms with Gasteiger partial charge >= 0.3 is 17.9 Å². The molecule has 0 saturated carbocycles. The molecule has 0 saturated heterocycles. The third-order valence-electron chi connectivity index (χ3n) is 14.1. The summed E-state index contributed by atoms with van der Waals surface area (Å²) in [7, 11) is 0. The number of carbonyl (C=O) groups is 3. The molecular formula is C70H122O6. The van der Waals surface area contributed by atoms with Crippen LogP contribution in [0.1, 0.15) is 323 Å². The van der Waals surface area contributed by atoms with Crippen molar-refractivity contribution in [3.05, 3.63) is 85.1 Å². The van der Waals surface area contributed by atoms with E-state index in [0.717, 1.165) is 77.0 Å². The second kappa shape index (κ2) is 64.1. The smallest absolute Gasteiger partial charge is 0.306 e. The molecule has 76 heavy (non-hydrogen) atoms. The maximum Gasteiger partial charge on any atom is 0.306 e. The van der Waals surface area contributed by atoms with Crippen LogP contribution in [0.3, 0.4) is 0 Å². The summed E-state index contributed by atoms with van der Waals surface area (Å²) in [6.07, 6.45) is 84.7. The number of rotatable bonds is 59. The first-order valence-corrected chi connectivity index (χ1v) is 32.6. The molecule has 0 rings (SSSR count). The quantitative estimate of drug-likeness (QED) is 0.0261. The summed E-state index contributed by atoms with van der Waals surface area (Å²) in [5, 5.41) is 0. The minimum absolute atomic E-state index is 0.0982. The zero-order valence-electron chi connectivity index (χ0n) is 50.3. The van der Waals surface area contributed by atoms with E-state index in [-0.39, 0.29) is 37.5 Å². The van der Waals surface area contributed by atoms with Crippen molar-refractivity contribution in [3.8, 4) is 0 Å². The van der Waals surface area contributed by atoms with Crippen LogP contribution in [0.2, 0.25) is 0 Å². The first-order valence-electron chi connectivity index (χ1n) is 32.6. The highest BCUT2D eigenvalue weighted by molar-refractivity contribution is 5.71. The Morgan fingerprint density at radius 3 is 0.882 bits per heavy atom. The van der Waals surface area contributed by atoms with Gasteiger partial charge < -0.3 is 14.2 Å². The molecule has 1 unspecified atom stereocenters. The maximum atomic E-state index is 12.9. The molecule has 0 aliphatic carbocycles. The zero-order chi connectivity index (χ0) is 55.0. The summed E-state index contributed by atoms with van der Waals surface area (Å²) in [4.78, 5) is 38.3. The van der Waals surface area contributed by atoms with Crippen molar-refractivity contribution in [3.63, 3.8) is 0 Å². The Kier molecular flexibility index (Phi) is 61.2. The molecule has 0 N–H and O–H groups in total. The van der Waals surface area contributed by atoms with Gasteiger partial charge in [-0.15, -0.1) is 0 Å². The van der Waals surface area contributed by atoms with Crippen molar-refractivity contribution in [2.75, 3.05) is 13.2 Å². The third kappa shape index (κ3) is 61.4. The fourth-order valence-electron chi connectivity index (χ4n) is 9.29. The molecule has 0 fully saturated rings. The van der Waals surface area contributed by atoms with Crippen LogP contribution in [0.25, 0.3) is 0 Å². The summed E-state index contributed by atoms with van der Waals surface area (Å²) < 4.78 is 16.9. The molecule has 1 atom stereocenters. The van der Waals surface area contributed by atoms with E-state index < -0.39 is 6.10 Å². The van der Waals surface area contributed by atoms with Crippen LogP contribution in [0.15, 0.2) is 85.1 Å². The van der Waals surface area contributed by atoms with Gasteiger partial charge in [-0.1, -0.05) is 305 Å². The second-order valence-corrected chi connectivity index (χ2v) is 21.6. The van der Waals surface area contributed by atoms with E-state index in [4.69, 9.17) is 14.2 Å². The minimum atomic E-state index is -0.807. The highest BCUT2D eigenvalue weighted by Gasteiger charge is 2.19. The van der Waals surface area contributed by atoms with Gasteiger partial charge in [0.25, 0.3) is 0 Å². The molecule has 0 aliphatic heterocycles. The van der Waals surface area contributed by atoms with E-state index in [2.05, 4.69) is 99.8 Å². The first-order chi connectivity index (χ1) is 37.5. The molecule has 0 aromatic heterocycles. The molecule has 438 valence electrons. The van der Waals surface area contributed by atoms with E-state index in [1.165, 1.54) is 199 Å². The highest BCUT2D eigenvalue weighted by Crippen LogP contribution is 2.17. The predicted molar refractivity (Wildman–Crippen MR) is 330 cm³/mol. The van der Waals surface area contributed by atoms with Crippen LogP contribution in [0, 0.1) is 0 Å². The molecule has 0 aromatic rings. The predicted octanol–water partition coefficient (Wildman–Crippen LogP) is 22.3. The Morgan fingerprint density at radius 1 is 0.276 bits per heavy atom. The number of carbonyl (C=O) groups excluding carboxylic acids is 3. The van der Waals surface area contributed by atoms with Gasteiger partial charge in [-0.2, -0.15) is 0 Å². The van der Waals surface area contributed by atoms with Crippen LogP contribution in [-0.2, 0) is 28.6 Å². The second-order valence-electron chi connectivity index (χ2n) is 21.6. The lowest BCUT2D eigenvalue weighted by atomic mass is 10.0. The number of hydrogen-bond donors (Lipinski definition) is 0. The van der Waals surface area contributed by atoms with Crippen molar-refractivity contribution < 1.29 is 28.6 Å². The molecule has 0 spiro atoms. The van der Waals surface area contributed by atoms with Gasteiger partial charge in [0.2, 0.25) is 0 Å². The van der Waals surface area contributed by atoms with Crippen LogP contribution in [0.4, 0.5) is 0 Å². The Bertz CT molecular complexity index is 1450. The topological polar surface area (TPSA) is 78.9 Å². The van der Waals surface area contributed by atoms with E-state index >= 15 is 0 Å². The Labute approximate surface area is 471 Å². The number of hydrogen-bond acceptors (Lipinski definition) is 6. The molecule has 0 radical (unpaired) electrons. The van der Waals surface area contributed by atoms with Crippen molar-refractivity contribution in [1.82, 2.24) is 0 Å². The maximum absolute atomic E-state index is 12.9. The Hall–Kier alpha value is -3.41. The molecule has 6 heteroatoms. The van der Waals surface area contributed by atoms with E-state index in [0.29, 0.717) is 19.3 Å². The number of allylic oxidation sites excluding steroid dienone is 14. The van der Waals surface area contributed by atoms with Crippen LogP contribution in [-0.4, -0.2) is 37.2 Å². The third-order valence-corrected chi connectivity index (χ3v) is 14.1. The van der Waals surface area contributed by atoms with Gasteiger partial charge in [-0.05, 0) is 83.5 Å². The average molecular weight is 1060 g/mol. The molecule has 6 nitrogen and oxygen atoms in total. The summed E-state index contributed by atoms with van der Waals surface area (Å²) in [5.41, 5.74) is 0. The van der Waals surface area contributed by atoms with Gasteiger partial charge in [0.05, 0.1) is 0 Å². The minimum Gasteiger partial charge on any atom is -0.462 e. The SMILES string of the molecule is CC/C=C\C/C=C\C/C=C\C/C=C\CCC(=O)OCC(COC(=O)CCCCCCCCCCCC/C=C\C/C=C\C/C=C\CCCCCCC)OC(=O)CCCCCCCCCCCCCCCCCCCCCC. The lowest BCUT2D eigenvalue weighted by Crippen LogP contribution is -2.30. The van der Waals surface area contributed by atoms with Crippen LogP contribution in [0.5, 0.6) is 0 Å². The summed E-state index contributed by atoms with van der Waals surface area (Å²) in [6.45, 7) is 6.49. The molecular weight excluding hydrogens is 937 g/mol. The van der Waals surface area contributed by atoms with Crippen molar-refractivity contribution in [2.24, 2.45) is 0 Å². The van der Waals surface area contributed by atoms with Gasteiger partial charge in [0.1, 0.15) is 13.2 Å². The van der Waals surface area contributed by atoms with Crippen LogP contribution >= 0.6 is 0 Å². The monoisotopic (exact) mass is 1060 g/mol. The highest BCUT2D eigenvalue weighted by atomic mass is 16.6. The van der Waals surface area contributed by atoms with E-state index in [1.54, 1.807) is 0 Å². The lowest BCUT2D eigenvalue weighted by Gasteiger charge is -2.18. The number of ether oxygens (including phenoxy) is 3. The zero-order valence-corrected chi connectivity index (χ0v) is 50.3. The van der Waals surface area contributed by atoms with Gasteiger partial charge in [-0.3, -0.25) is 14.4 Å². The van der Waals surface area contributed by atoms with E-state index in [9.17, 15) is 14.4 Å². The fraction of sp³-hybridized carbons (Fsp3) is 0.757. The molecule has 0 amide bonds. The summed E-state index contributed by atoms with van der Waals surface area (Å²) in [5.74, 6) is -0.972. The number of esters is 3.